The van der Waals surface area contributed by atoms with Gasteiger partial charge in [0, 0.05) is 0 Å². The van der Waals surface area contributed by atoms with Gasteiger partial charge >= 0.3 is 0 Å². The molecule has 0 bridgehead atoms. The van der Waals surface area contributed by atoms with Crippen LogP contribution in [0.3, 0.4) is 0 Å². The Morgan fingerprint density at radius 2 is 1.71 bits per heavy atom. The maximum absolute atomic E-state index is 13.0. The number of halogens is 2. The van der Waals surface area contributed by atoms with Crippen LogP contribution in [0.4, 0.5) is 8.78 Å². The van der Waals surface area contributed by atoms with Crippen LogP contribution in [-0.4, -0.2) is 11.1 Å². The summed E-state index contributed by atoms with van der Waals surface area (Å²) in [6.07, 6.45) is 0.0555. The summed E-state index contributed by atoms with van der Waals surface area (Å²) in [6.45, 7) is 0.105. The Labute approximate surface area is 119 Å². The second kappa shape index (κ2) is 6.81. The smallest absolute Gasteiger partial charge is 0.247 e. The summed E-state index contributed by atoms with van der Waals surface area (Å²) in [5.74, 6) is -1.79. The molecule has 0 radical (unpaired) electrons. The van der Waals surface area contributed by atoms with Crippen LogP contribution in [0.5, 0.6) is 5.75 Å². The molecule has 0 saturated carbocycles. The molecule has 0 aliphatic carbocycles. The van der Waals surface area contributed by atoms with Gasteiger partial charge in [-0.15, -0.1) is 0 Å². The third kappa shape index (κ3) is 4.25. The molecule has 0 heterocycles. The fourth-order valence-electron chi connectivity index (χ4n) is 1.72. The first-order valence-corrected chi connectivity index (χ1v) is 6.17. The van der Waals surface area contributed by atoms with Gasteiger partial charge in [-0.25, -0.2) is 14.3 Å². The molecule has 0 aliphatic rings. The first-order chi connectivity index (χ1) is 10.1. The molecule has 6 heteroatoms. The Morgan fingerprint density at radius 3 is 2.33 bits per heavy atom. The van der Waals surface area contributed by atoms with Gasteiger partial charge in [0.15, 0.2) is 11.6 Å². The van der Waals surface area contributed by atoms with Crippen molar-refractivity contribution < 1.29 is 23.5 Å². The van der Waals surface area contributed by atoms with Crippen molar-refractivity contribution in [1.29, 1.82) is 0 Å². The molecule has 0 spiro atoms. The van der Waals surface area contributed by atoms with Crippen molar-refractivity contribution in [3.8, 4) is 5.75 Å². The van der Waals surface area contributed by atoms with Crippen molar-refractivity contribution >= 4 is 5.91 Å². The van der Waals surface area contributed by atoms with E-state index in [1.807, 2.05) is 0 Å². The number of rotatable bonds is 5. The fraction of sp³-hybridized carbons (Fsp3) is 0.133. The quantitative estimate of drug-likeness (QED) is 0.658. The van der Waals surface area contributed by atoms with E-state index in [0.29, 0.717) is 16.9 Å². The summed E-state index contributed by atoms with van der Waals surface area (Å²) in [5, 5.41) is 8.42. The molecule has 2 aromatic carbocycles. The summed E-state index contributed by atoms with van der Waals surface area (Å²) < 4.78 is 31.2. The van der Waals surface area contributed by atoms with E-state index in [2.05, 4.69) is 0 Å². The van der Waals surface area contributed by atoms with Crippen molar-refractivity contribution in [3.05, 3.63) is 65.2 Å². The van der Waals surface area contributed by atoms with Gasteiger partial charge in [-0.05, 0) is 35.4 Å². The Balaban J connectivity index is 1.94. The number of carbonyl (C=O) groups excluding carboxylic acids is 1. The lowest BCUT2D eigenvalue weighted by molar-refractivity contribution is -0.128. The van der Waals surface area contributed by atoms with E-state index >= 15 is 0 Å². The SMILES string of the molecule is O=C(Cc1ccc(OCc2ccc(F)c(F)c2)cc1)NO. The summed E-state index contributed by atoms with van der Waals surface area (Å²) in [4.78, 5) is 11.0. The van der Waals surface area contributed by atoms with Crippen LogP contribution in [-0.2, 0) is 17.8 Å². The van der Waals surface area contributed by atoms with E-state index in [-0.39, 0.29) is 13.0 Å². The monoisotopic (exact) mass is 293 g/mol. The van der Waals surface area contributed by atoms with Gasteiger partial charge in [0.1, 0.15) is 12.4 Å². The zero-order chi connectivity index (χ0) is 15.2. The van der Waals surface area contributed by atoms with Crippen molar-refractivity contribution in [1.82, 2.24) is 5.48 Å². The number of nitrogens with one attached hydrogen (secondary N) is 1. The van der Waals surface area contributed by atoms with Gasteiger partial charge in [0.2, 0.25) is 5.91 Å². The Bertz CT molecular complexity index is 629. The first-order valence-electron chi connectivity index (χ1n) is 6.17. The topological polar surface area (TPSA) is 58.6 Å². The normalized spacial score (nSPS) is 10.2. The molecule has 0 saturated heterocycles. The summed E-state index contributed by atoms with van der Waals surface area (Å²) in [6, 6.07) is 10.2. The average molecular weight is 293 g/mol. The lowest BCUT2D eigenvalue weighted by atomic mass is 10.1. The Kier molecular flexibility index (Phi) is 4.84. The molecule has 21 heavy (non-hydrogen) atoms. The first kappa shape index (κ1) is 14.9. The molecule has 0 fully saturated rings. The minimum atomic E-state index is -0.915. The summed E-state index contributed by atoms with van der Waals surface area (Å²) >= 11 is 0. The second-order valence-corrected chi connectivity index (χ2v) is 4.39. The number of hydrogen-bond acceptors (Lipinski definition) is 3. The highest BCUT2D eigenvalue weighted by molar-refractivity contribution is 5.77. The highest BCUT2D eigenvalue weighted by atomic mass is 19.2. The number of ether oxygens (including phenoxy) is 1. The number of carbonyl (C=O) groups is 1. The maximum Gasteiger partial charge on any atom is 0.247 e. The minimum Gasteiger partial charge on any atom is -0.489 e. The fourth-order valence-corrected chi connectivity index (χ4v) is 1.72. The molecule has 0 atom stereocenters. The molecule has 2 N–H and O–H groups in total. The molecule has 110 valence electrons. The van der Waals surface area contributed by atoms with Crippen LogP contribution in [0.25, 0.3) is 0 Å². The summed E-state index contributed by atoms with van der Waals surface area (Å²) in [7, 11) is 0. The molecule has 0 aromatic heterocycles. The molecular weight excluding hydrogens is 280 g/mol. The van der Waals surface area contributed by atoms with E-state index in [9.17, 15) is 13.6 Å². The molecule has 1 amide bonds. The molecule has 2 rings (SSSR count). The molecule has 4 nitrogen and oxygen atoms in total. The van der Waals surface area contributed by atoms with Crippen molar-refractivity contribution in [2.24, 2.45) is 0 Å². The number of amides is 1. The Morgan fingerprint density at radius 1 is 1.05 bits per heavy atom. The van der Waals surface area contributed by atoms with Crippen LogP contribution in [0.2, 0.25) is 0 Å². The number of benzene rings is 2. The standard InChI is InChI=1S/C15H13F2NO3/c16-13-6-3-11(7-14(13)17)9-21-12-4-1-10(2-5-12)8-15(19)18-20/h1-7,20H,8-9H2,(H,18,19). The predicted octanol–water partition coefficient (Wildman–Crippen LogP) is 2.59. The lowest BCUT2D eigenvalue weighted by Gasteiger charge is -2.07. The predicted molar refractivity (Wildman–Crippen MR) is 70.8 cm³/mol. The second-order valence-electron chi connectivity index (χ2n) is 4.39. The molecule has 0 unspecified atom stereocenters. The zero-order valence-electron chi connectivity index (χ0n) is 11.0. The molecule has 2 aromatic rings. The van der Waals surface area contributed by atoms with Crippen LogP contribution in [0.1, 0.15) is 11.1 Å². The molecule has 0 aliphatic heterocycles. The van der Waals surface area contributed by atoms with E-state index in [0.717, 1.165) is 12.1 Å². The van der Waals surface area contributed by atoms with Gasteiger partial charge in [-0.1, -0.05) is 18.2 Å². The highest BCUT2D eigenvalue weighted by Crippen LogP contribution is 2.16. The van der Waals surface area contributed by atoms with Crippen LogP contribution in [0, 0.1) is 11.6 Å². The largest absolute Gasteiger partial charge is 0.489 e. The third-order valence-corrected chi connectivity index (χ3v) is 2.80. The number of hydrogen-bond donors (Lipinski definition) is 2. The van der Waals surface area contributed by atoms with Gasteiger partial charge < -0.3 is 4.74 Å². The maximum atomic E-state index is 13.0. The van der Waals surface area contributed by atoms with E-state index in [1.54, 1.807) is 29.7 Å². The van der Waals surface area contributed by atoms with Crippen molar-refractivity contribution in [2.45, 2.75) is 13.0 Å². The van der Waals surface area contributed by atoms with Crippen LogP contribution in [0.15, 0.2) is 42.5 Å². The van der Waals surface area contributed by atoms with Gasteiger partial charge in [0.05, 0.1) is 6.42 Å². The van der Waals surface area contributed by atoms with E-state index in [4.69, 9.17) is 9.94 Å². The van der Waals surface area contributed by atoms with E-state index in [1.165, 1.54) is 6.07 Å². The lowest BCUT2D eigenvalue weighted by Crippen LogP contribution is -2.20. The third-order valence-electron chi connectivity index (χ3n) is 2.80. The summed E-state index contributed by atoms with van der Waals surface area (Å²) in [5.41, 5.74) is 2.77. The zero-order valence-corrected chi connectivity index (χ0v) is 11.0. The average Bonchev–Trinajstić information content (AvgIpc) is 2.50. The van der Waals surface area contributed by atoms with Gasteiger partial charge in [-0.2, -0.15) is 0 Å². The van der Waals surface area contributed by atoms with Crippen LogP contribution >= 0.6 is 0 Å². The highest BCUT2D eigenvalue weighted by Gasteiger charge is 2.04. The molecular formula is C15H13F2NO3. The van der Waals surface area contributed by atoms with Crippen molar-refractivity contribution in [2.75, 3.05) is 0 Å². The van der Waals surface area contributed by atoms with Gasteiger partial charge in [0.25, 0.3) is 0 Å². The van der Waals surface area contributed by atoms with Crippen molar-refractivity contribution in [3.63, 3.8) is 0 Å². The Hall–Kier alpha value is -2.47. The minimum absolute atomic E-state index is 0.0555. The number of hydroxylamine groups is 1. The van der Waals surface area contributed by atoms with Gasteiger partial charge in [-0.3, -0.25) is 10.0 Å². The van der Waals surface area contributed by atoms with Crippen LogP contribution < -0.4 is 10.2 Å². The van der Waals surface area contributed by atoms with E-state index < -0.39 is 17.5 Å².